The fourth-order valence-electron chi connectivity index (χ4n) is 6.11. The van der Waals surface area contributed by atoms with Crippen molar-refractivity contribution >= 4 is 23.4 Å². The van der Waals surface area contributed by atoms with E-state index < -0.39 is 58.8 Å². The number of piperidine rings is 1. The van der Waals surface area contributed by atoms with Crippen molar-refractivity contribution in [1.82, 2.24) is 16.0 Å². The van der Waals surface area contributed by atoms with Crippen LogP contribution in [0.5, 0.6) is 0 Å². The Morgan fingerprint density at radius 3 is 2.43 bits per heavy atom. The van der Waals surface area contributed by atoms with Crippen molar-refractivity contribution in [3.8, 4) is 0 Å². The zero-order valence-corrected chi connectivity index (χ0v) is 20.3. The molecule has 5 aliphatic rings. The summed E-state index contributed by atoms with van der Waals surface area (Å²) in [4.78, 5) is 25.4. The largest absolute Gasteiger partial charge is 0.403 e. The average molecular weight is 528 g/mol. The molecule has 0 aromatic carbocycles. The van der Waals surface area contributed by atoms with Gasteiger partial charge < -0.3 is 20.5 Å². The quantitative estimate of drug-likeness (QED) is 0.314. The summed E-state index contributed by atoms with van der Waals surface area (Å²) in [5.74, 6) is -0.869. The van der Waals surface area contributed by atoms with E-state index in [4.69, 9.17) is 16.3 Å². The molecule has 1 aliphatic heterocycles. The fraction of sp³-hybridized carbons (Fsp3) is 0.913. The number of halogens is 5. The summed E-state index contributed by atoms with van der Waals surface area (Å²) in [5, 5.41) is 18.6. The number of aliphatic hydroxyl groups excluding tert-OH is 1. The first kappa shape index (κ1) is 26.9. The Morgan fingerprint density at radius 1 is 1.09 bits per heavy atom. The summed E-state index contributed by atoms with van der Waals surface area (Å²) < 4.78 is 58.6. The minimum absolute atomic E-state index is 0.0502. The van der Waals surface area contributed by atoms with Crippen LogP contribution in [0.2, 0.25) is 0 Å². The molecule has 5 rings (SSSR count). The minimum atomic E-state index is -4.40. The summed E-state index contributed by atoms with van der Waals surface area (Å²) in [6.07, 6.45) is -3.02. The van der Waals surface area contributed by atoms with E-state index in [1.165, 1.54) is 0 Å². The summed E-state index contributed by atoms with van der Waals surface area (Å²) in [5.41, 5.74) is -1.55. The molecule has 5 fully saturated rings. The Labute approximate surface area is 207 Å². The van der Waals surface area contributed by atoms with Gasteiger partial charge in [0.1, 0.15) is 18.8 Å². The molecule has 4 N–H and O–H groups in total. The van der Waals surface area contributed by atoms with Gasteiger partial charge in [-0.25, -0.2) is 4.39 Å². The van der Waals surface area contributed by atoms with Crippen molar-refractivity contribution in [3.63, 3.8) is 0 Å². The van der Waals surface area contributed by atoms with Crippen molar-refractivity contribution in [2.75, 3.05) is 6.61 Å². The maximum atomic E-state index is 13.8. The maximum absolute atomic E-state index is 13.8. The average Bonchev–Trinajstić information content (AvgIpc) is 2.80. The summed E-state index contributed by atoms with van der Waals surface area (Å²) >= 11 is 5.88. The second kappa shape index (κ2) is 10.3. The van der Waals surface area contributed by atoms with E-state index in [1.807, 2.05) is 0 Å². The van der Waals surface area contributed by atoms with Gasteiger partial charge in [0.05, 0.1) is 29.2 Å². The van der Waals surface area contributed by atoms with Crippen molar-refractivity contribution in [3.05, 3.63) is 0 Å². The number of ether oxygens (including phenoxy) is 1. The number of fused-ring (bicyclic) bond motifs is 3. The van der Waals surface area contributed by atoms with E-state index in [-0.39, 0.29) is 32.0 Å². The topological polar surface area (TPSA) is 99.7 Å². The Kier molecular flexibility index (Phi) is 7.91. The molecule has 6 atom stereocenters. The smallest absolute Gasteiger partial charge is 0.391 e. The number of rotatable bonds is 6. The van der Waals surface area contributed by atoms with Crippen LogP contribution < -0.4 is 16.0 Å². The highest BCUT2D eigenvalue weighted by Gasteiger charge is 2.56. The molecule has 0 aromatic heterocycles. The molecule has 0 spiro atoms. The Hall–Kier alpha value is -1.17. The molecule has 0 aromatic rings. The number of hydrogen-bond donors (Lipinski definition) is 4. The number of hydrogen-bond acceptors (Lipinski definition) is 5. The SMILES string of the molecule is O=C(COC1CCC(Cl)C(F)C1)NC12CCC(NC(=O)C3CCCC(C(F)(F)F)N3)(CC1)CC2O. The lowest BCUT2D eigenvalue weighted by molar-refractivity contribution is -0.165. The van der Waals surface area contributed by atoms with Crippen LogP contribution in [-0.2, 0) is 14.3 Å². The van der Waals surface area contributed by atoms with Gasteiger partial charge in [0.25, 0.3) is 0 Å². The van der Waals surface area contributed by atoms with Crippen molar-refractivity contribution in [2.45, 2.75) is 124 Å². The van der Waals surface area contributed by atoms with Crippen LogP contribution in [0.1, 0.15) is 70.6 Å². The Balaban J connectivity index is 1.27. The van der Waals surface area contributed by atoms with Gasteiger partial charge in [0.15, 0.2) is 0 Å². The van der Waals surface area contributed by atoms with Crippen LogP contribution in [0.3, 0.4) is 0 Å². The molecular formula is C23H34ClF4N3O4. The van der Waals surface area contributed by atoms with E-state index >= 15 is 0 Å². The molecule has 2 amide bonds. The molecule has 12 heteroatoms. The third kappa shape index (κ3) is 6.05. The molecule has 6 unspecified atom stereocenters. The van der Waals surface area contributed by atoms with Gasteiger partial charge in [0.2, 0.25) is 11.8 Å². The Bertz CT molecular complexity index is 793. The predicted molar refractivity (Wildman–Crippen MR) is 120 cm³/mol. The summed E-state index contributed by atoms with van der Waals surface area (Å²) in [6, 6.07) is -2.62. The number of amides is 2. The van der Waals surface area contributed by atoms with E-state index in [0.29, 0.717) is 51.4 Å². The molecule has 0 radical (unpaired) electrons. The number of carbonyl (C=O) groups is 2. The van der Waals surface area contributed by atoms with Crippen LogP contribution in [0.15, 0.2) is 0 Å². The lowest BCUT2D eigenvalue weighted by atomic mass is 9.59. The van der Waals surface area contributed by atoms with Crippen molar-refractivity contribution in [2.24, 2.45) is 0 Å². The highest BCUT2D eigenvalue weighted by molar-refractivity contribution is 6.21. The molecule has 1 heterocycles. The van der Waals surface area contributed by atoms with Crippen LogP contribution in [-0.4, -0.2) is 76.6 Å². The second-order valence-corrected chi connectivity index (χ2v) is 11.3. The lowest BCUT2D eigenvalue weighted by Gasteiger charge is -2.56. The molecule has 1 saturated heterocycles. The molecule has 2 bridgehead atoms. The normalized spacial score (nSPS) is 41.9. The standard InChI is InChI=1S/C23H34ClF4N3O4/c24-14-5-4-13(10-15(14)25)35-12-19(33)30-22-8-6-21(7-9-22,11-18(22)32)31-20(34)16-2-1-3-17(29-16)23(26,27)28/h13-18,29,32H,1-12H2,(H,30,33)(H,31,34). The monoisotopic (exact) mass is 527 g/mol. The molecule has 4 aliphatic carbocycles. The summed E-state index contributed by atoms with van der Waals surface area (Å²) in [6.45, 7) is -0.242. The highest BCUT2D eigenvalue weighted by Crippen LogP contribution is 2.47. The molecule has 35 heavy (non-hydrogen) atoms. The van der Waals surface area contributed by atoms with Crippen molar-refractivity contribution in [1.29, 1.82) is 0 Å². The van der Waals surface area contributed by atoms with Crippen LogP contribution in [0.25, 0.3) is 0 Å². The van der Waals surface area contributed by atoms with Crippen LogP contribution in [0, 0.1) is 0 Å². The lowest BCUT2D eigenvalue weighted by Crippen LogP contribution is -2.71. The van der Waals surface area contributed by atoms with Gasteiger partial charge in [-0.05, 0) is 64.2 Å². The number of nitrogens with one attached hydrogen (secondary N) is 3. The second-order valence-electron chi connectivity index (χ2n) is 10.7. The van der Waals surface area contributed by atoms with Gasteiger partial charge in [-0.15, -0.1) is 11.6 Å². The number of carbonyl (C=O) groups excluding carboxylic acids is 2. The van der Waals surface area contributed by atoms with E-state index in [0.717, 1.165) is 0 Å². The van der Waals surface area contributed by atoms with Crippen LogP contribution in [0.4, 0.5) is 17.6 Å². The van der Waals surface area contributed by atoms with Gasteiger partial charge in [0, 0.05) is 12.0 Å². The number of alkyl halides is 5. The van der Waals surface area contributed by atoms with Gasteiger partial charge in [-0.1, -0.05) is 0 Å². The Morgan fingerprint density at radius 2 is 1.80 bits per heavy atom. The first-order chi connectivity index (χ1) is 16.4. The van der Waals surface area contributed by atoms with Crippen LogP contribution >= 0.6 is 11.6 Å². The minimum Gasteiger partial charge on any atom is -0.391 e. The molecule has 4 saturated carbocycles. The third-order valence-corrected chi connectivity index (χ3v) is 8.78. The highest BCUT2D eigenvalue weighted by atomic mass is 35.5. The van der Waals surface area contributed by atoms with Gasteiger partial charge in [-0.2, -0.15) is 13.2 Å². The predicted octanol–water partition coefficient (Wildman–Crippen LogP) is 2.62. The number of aliphatic hydroxyl groups is 1. The maximum Gasteiger partial charge on any atom is 0.403 e. The van der Waals surface area contributed by atoms with E-state index in [1.54, 1.807) is 0 Å². The molecular weight excluding hydrogens is 494 g/mol. The van der Waals surface area contributed by atoms with E-state index in [2.05, 4.69) is 16.0 Å². The van der Waals surface area contributed by atoms with E-state index in [9.17, 15) is 32.3 Å². The van der Waals surface area contributed by atoms with Gasteiger partial charge in [-0.3, -0.25) is 14.9 Å². The molecule has 7 nitrogen and oxygen atoms in total. The zero-order chi connectivity index (χ0) is 25.4. The zero-order valence-electron chi connectivity index (χ0n) is 19.5. The first-order valence-corrected chi connectivity index (χ1v) is 12.9. The third-order valence-electron chi connectivity index (χ3n) is 8.29. The first-order valence-electron chi connectivity index (χ1n) is 12.4. The molecule has 200 valence electrons. The van der Waals surface area contributed by atoms with Gasteiger partial charge >= 0.3 is 6.18 Å². The summed E-state index contributed by atoms with van der Waals surface area (Å²) in [7, 11) is 0. The fourth-order valence-corrected chi connectivity index (χ4v) is 6.34. The van der Waals surface area contributed by atoms with Crippen molar-refractivity contribution < 1.29 is 37.0 Å².